The molecule has 2 N–H and O–H groups in total. The van der Waals surface area contributed by atoms with Crippen molar-refractivity contribution in [3.05, 3.63) is 17.5 Å². The molecule has 0 aromatic carbocycles. The maximum Gasteiger partial charge on any atom is 0.435 e. The number of hydrogen-bond acceptors (Lipinski definition) is 3. The molecular formula is C13H20F3N3O2. The molecule has 21 heavy (non-hydrogen) atoms. The number of nitrogens with one attached hydrogen (secondary N) is 1. The van der Waals surface area contributed by atoms with Crippen molar-refractivity contribution in [2.24, 2.45) is 5.92 Å². The van der Waals surface area contributed by atoms with E-state index in [-0.39, 0.29) is 43.4 Å². The summed E-state index contributed by atoms with van der Waals surface area (Å²) in [4.78, 5) is 11.6. The van der Waals surface area contributed by atoms with Crippen molar-refractivity contribution in [1.82, 2.24) is 15.1 Å². The molecule has 0 spiro atoms. The van der Waals surface area contributed by atoms with E-state index in [0.717, 1.165) is 4.68 Å². The average molecular weight is 307 g/mol. The van der Waals surface area contributed by atoms with Gasteiger partial charge >= 0.3 is 6.18 Å². The predicted octanol–water partition coefficient (Wildman–Crippen LogP) is 1.60. The fourth-order valence-corrected chi connectivity index (χ4v) is 1.76. The number of aliphatic hydroxyl groups is 1. The maximum absolute atomic E-state index is 12.8. The molecule has 0 aliphatic rings. The minimum Gasteiger partial charge on any atom is -0.396 e. The Labute approximate surface area is 121 Å². The molecule has 0 unspecified atom stereocenters. The average Bonchev–Trinajstić information content (AvgIpc) is 2.76. The van der Waals surface area contributed by atoms with Gasteiger partial charge in [-0.25, -0.2) is 0 Å². The summed E-state index contributed by atoms with van der Waals surface area (Å²) < 4.78 is 39.5. The van der Waals surface area contributed by atoms with E-state index in [1.165, 1.54) is 6.20 Å². The Balaban J connectivity index is 2.79. The lowest BCUT2D eigenvalue weighted by Gasteiger charge is -2.07. The van der Waals surface area contributed by atoms with Crippen LogP contribution in [0, 0.1) is 5.92 Å². The Morgan fingerprint density at radius 1 is 1.48 bits per heavy atom. The van der Waals surface area contributed by atoms with Crippen LogP contribution in [0.5, 0.6) is 0 Å². The normalized spacial score (nSPS) is 12.0. The molecule has 1 heterocycles. The van der Waals surface area contributed by atoms with Gasteiger partial charge in [-0.3, -0.25) is 9.48 Å². The number of halogens is 3. The monoisotopic (exact) mass is 307 g/mol. The summed E-state index contributed by atoms with van der Waals surface area (Å²) in [6, 6.07) is 0. The van der Waals surface area contributed by atoms with Crippen molar-refractivity contribution in [3.63, 3.8) is 0 Å². The second kappa shape index (κ2) is 7.44. The van der Waals surface area contributed by atoms with Crippen LogP contribution in [0.25, 0.3) is 0 Å². The Morgan fingerprint density at radius 2 is 2.14 bits per heavy atom. The molecule has 0 aliphatic heterocycles. The number of alkyl halides is 3. The number of aromatic nitrogens is 2. The van der Waals surface area contributed by atoms with Gasteiger partial charge in [-0.2, -0.15) is 18.3 Å². The van der Waals surface area contributed by atoms with Crippen LogP contribution in [-0.4, -0.2) is 33.9 Å². The van der Waals surface area contributed by atoms with E-state index in [2.05, 4.69) is 10.4 Å². The smallest absolute Gasteiger partial charge is 0.396 e. The molecule has 0 aliphatic carbocycles. The molecule has 120 valence electrons. The molecule has 8 heteroatoms. The van der Waals surface area contributed by atoms with Crippen LogP contribution in [-0.2, 0) is 23.9 Å². The third-order valence-corrected chi connectivity index (χ3v) is 2.72. The van der Waals surface area contributed by atoms with Gasteiger partial charge in [0, 0.05) is 24.9 Å². The lowest BCUT2D eigenvalue weighted by Crippen LogP contribution is -2.30. The highest BCUT2D eigenvalue weighted by Gasteiger charge is 2.36. The van der Waals surface area contributed by atoms with E-state index in [1.807, 2.05) is 13.8 Å². The summed E-state index contributed by atoms with van der Waals surface area (Å²) in [5, 5.41) is 14.8. The third-order valence-electron chi connectivity index (χ3n) is 2.72. The quantitative estimate of drug-likeness (QED) is 0.804. The van der Waals surface area contributed by atoms with Crippen LogP contribution in [0.4, 0.5) is 13.2 Å². The molecule has 1 aromatic heterocycles. The minimum atomic E-state index is -4.57. The molecule has 0 bridgehead atoms. The number of carbonyl (C=O) groups excluding carboxylic acids is 1. The highest BCUT2D eigenvalue weighted by molar-refractivity contribution is 5.75. The molecule has 5 nitrogen and oxygen atoms in total. The molecule has 1 amide bonds. The summed E-state index contributed by atoms with van der Waals surface area (Å²) in [5.74, 6) is -0.119. The van der Waals surface area contributed by atoms with E-state index < -0.39 is 11.9 Å². The van der Waals surface area contributed by atoms with E-state index in [4.69, 9.17) is 5.11 Å². The Morgan fingerprint density at radius 3 is 2.67 bits per heavy atom. The molecular weight excluding hydrogens is 287 g/mol. The zero-order valence-corrected chi connectivity index (χ0v) is 12.1. The van der Waals surface area contributed by atoms with Crippen molar-refractivity contribution >= 4 is 5.91 Å². The Kier molecular flexibility index (Phi) is 6.19. The largest absolute Gasteiger partial charge is 0.435 e. The third kappa shape index (κ3) is 5.74. The fraction of sp³-hybridized carbons (Fsp3) is 0.692. The number of aliphatic hydroxyl groups excluding tert-OH is 1. The second-order valence-corrected chi connectivity index (χ2v) is 5.22. The van der Waals surface area contributed by atoms with Crippen molar-refractivity contribution in [1.29, 1.82) is 0 Å². The number of amides is 1. The van der Waals surface area contributed by atoms with E-state index >= 15 is 0 Å². The van der Waals surface area contributed by atoms with Gasteiger partial charge in [-0.05, 0) is 18.8 Å². The minimum absolute atomic E-state index is 0.00629. The summed E-state index contributed by atoms with van der Waals surface area (Å²) >= 11 is 0. The molecule has 0 saturated carbocycles. The van der Waals surface area contributed by atoms with Crippen LogP contribution in [0.1, 0.15) is 31.5 Å². The van der Waals surface area contributed by atoms with Gasteiger partial charge in [-0.15, -0.1) is 0 Å². The van der Waals surface area contributed by atoms with Gasteiger partial charge < -0.3 is 10.4 Å². The number of aryl methyl sites for hydroxylation is 1. The second-order valence-electron chi connectivity index (χ2n) is 5.22. The van der Waals surface area contributed by atoms with Crippen molar-refractivity contribution in [2.75, 3.05) is 13.2 Å². The molecule has 0 radical (unpaired) electrons. The van der Waals surface area contributed by atoms with Crippen LogP contribution < -0.4 is 5.32 Å². The first-order valence-corrected chi connectivity index (χ1v) is 6.75. The van der Waals surface area contributed by atoms with Gasteiger partial charge in [-0.1, -0.05) is 13.8 Å². The first-order chi connectivity index (χ1) is 9.74. The SMILES string of the molecule is CC(C)CNC(=O)Cn1cc(CCCO)c(C(F)(F)F)n1. The van der Waals surface area contributed by atoms with Crippen molar-refractivity contribution in [3.8, 4) is 0 Å². The number of rotatable bonds is 7. The Hall–Kier alpha value is -1.57. The first kappa shape index (κ1) is 17.5. The van der Waals surface area contributed by atoms with Gasteiger partial charge in [0.25, 0.3) is 0 Å². The molecule has 1 aromatic rings. The van der Waals surface area contributed by atoms with E-state index in [1.54, 1.807) is 0 Å². The molecule has 0 saturated heterocycles. The zero-order chi connectivity index (χ0) is 16.0. The summed E-state index contributed by atoms with van der Waals surface area (Å²) in [7, 11) is 0. The number of nitrogens with zero attached hydrogens (tertiary/aromatic N) is 2. The number of carbonyl (C=O) groups is 1. The van der Waals surface area contributed by atoms with Crippen LogP contribution in [0.2, 0.25) is 0 Å². The van der Waals surface area contributed by atoms with Gasteiger partial charge in [0.2, 0.25) is 5.91 Å². The fourth-order valence-electron chi connectivity index (χ4n) is 1.76. The number of hydrogen-bond donors (Lipinski definition) is 2. The summed E-state index contributed by atoms with van der Waals surface area (Å²) in [5.41, 5.74) is -0.999. The van der Waals surface area contributed by atoms with Crippen molar-refractivity contribution in [2.45, 2.75) is 39.4 Å². The van der Waals surface area contributed by atoms with E-state index in [0.29, 0.717) is 6.54 Å². The standard InChI is InChI=1S/C13H20F3N3O2/c1-9(2)6-17-11(21)8-19-7-10(4-3-5-20)12(18-19)13(14,15)16/h7,9,20H,3-6,8H2,1-2H3,(H,17,21). The highest BCUT2D eigenvalue weighted by atomic mass is 19.4. The maximum atomic E-state index is 12.8. The first-order valence-electron chi connectivity index (χ1n) is 6.75. The van der Waals surface area contributed by atoms with Gasteiger partial charge in [0.05, 0.1) is 0 Å². The molecule has 0 fully saturated rings. The van der Waals surface area contributed by atoms with Gasteiger partial charge in [0.15, 0.2) is 5.69 Å². The van der Waals surface area contributed by atoms with Crippen LogP contribution in [0.15, 0.2) is 6.20 Å². The van der Waals surface area contributed by atoms with E-state index in [9.17, 15) is 18.0 Å². The highest BCUT2D eigenvalue weighted by Crippen LogP contribution is 2.31. The molecule has 1 rings (SSSR count). The van der Waals surface area contributed by atoms with Gasteiger partial charge in [0.1, 0.15) is 6.54 Å². The zero-order valence-electron chi connectivity index (χ0n) is 12.1. The molecule has 0 atom stereocenters. The predicted molar refractivity (Wildman–Crippen MR) is 70.5 cm³/mol. The topological polar surface area (TPSA) is 67.2 Å². The summed E-state index contributed by atoms with van der Waals surface area (Å²) in [6.45, 7) is 3.85. The Bertz CT molecular complexity index is 470. The van der Waals surface area contributed by atoms with Crippen molar-refractivity contribution < 1.29 is 23.1 Å². The lowest BCUT2D eigenvalue weighted by atomic mass is 10.1. The van der Waals surface area contributed by atoms with Crippen LogP contribution >= 0.6 is 0 Å². The summed E-state index contributed by atoms with van der Waals surface area (Å²) in [6.07, 6.45) is -3.06. The van der Waals surface area contributed by atoms with Crippen LogP contribution in [0.3, 0.4) is 0 Å². The lowest BCUT2D eigenvalue weighted by molar-refractivity contribution is -0.142.